The quantitative estimate of drug-likeness (QED) is 0.531. The van der Waals surface area contributed by atoms with E-state index in [2.05, 4.69) is 15.0 Å². The summed E-state index contributed by atoms with van der Waals surface area (Å²) in [5, 5.41) is 12.4. The van der Waals surface area contributed by atoms with Gasteiger partial charge in [0.05, 0.1) is 5.92 Å². The predicted molar refractivity (Wildman–Crippen MR) is 104 cm³/mol. The van der Waals surface area contributed by atoms with Crippen molar-refractivity contribution < 1.29 is 13.2 Å². The van der Waals surface area contributed by atoms with Crippen LogP contribution in [0.3, 0.4) is 0 Å². The molecule has 1 aliphatic rings. The van der Waals surface area contributed by atoms with Crippen molar-refractivity contribution in [3.63, 3.8) is 0 Å². The van der Waals surface area contributed by atoms with Gasteiger partial charge in [-0.2, -0.15) is 10.2 Å². The van der Waals surface area contributed by atoms with E-state index < -0.39 is 10.0 Å². The van der Waals surface area contributed by atoms with Gasteiger partial charge in [0.25, 0.3) is 0 Å². The molecule has 2 N–H and O–H groups in total. The lowest BCUT2D eigenvalue weighted by molar-refractivity contribution is -0.121. The Morgan fingerprint density at radius 1 is 1.29 bits per heavy atom. The number of nitriles is 1. The molecule has 1 aromatic carbocycles. The van der Waals surface area contributed by atoms with Crippen molar-refractivity contribution in [2.45, 2.75) is 17.7 Å². The van der Waals surface area contributed by atoms with E-state index in [4.69, 9.17) is 0 Å². The SMILES string of the molecule is N#CN(C(=O)[C@H]1CCNC1)c1ccc(S(=O)(=O)NCCc2ccccc2)cn1. The molecule has 1 atom stereocenters. The van der Waals surface area contributed by atoms with Gasteiger partial charge in [-0.15, -0.1) is 0 Å². The summed E-state index contributed by atoms with van der Waals surface area (Å²) < 4.78 is 27.4. The zero-order chi connectivity index (χ0) is 20.0. The highest BCUT2D eigenvalue weighted by Gasteiger charge is 2.29. The Morgan fingerprint density at radius 2 is 2.07 bits per heavy atom. The van der Waals surface area contributed by atoms with Crippen LogP contribution in [0.15, 0.2) is 53.6 Å². The molecule has 2 aromatic rings. The third-order valence-corrected chi connectivity index (χ3v) is 5.98. The first-order valence-electron chi connectivity index (χ1n) is 8.95. The summed E-state index contributed by atoms with van der Waals surface area (Å²) in [5.74, 6) is -0.497. The first-order valence-corrected chi connectivity index (χ1v) is 10.4. The molecule has 8 nitrogen and oxygen atoms in total. The van der Waals surface area contributed by atoms with Gasteiger partial charge in [0.15, 0.2) is 6.19 Å². The minimum Gasteiger partial charge on any atom is -0.316 e. The van der Waals surface area contributed by atoms with Crippen LogP contribution in [0, 0.1) is 17.4 Å². The van der Waals surface area contributed by atoms with Gasteiger partial charge in [-0.05, 0) is 37.1 Å². The smallest absolute Gasteiger partial charge is 0.246 e. The van der Waals surface area contributed by atoms with Crippen LogP contribution in [-0.4, -0.2) is 38.9 Å². The molecule has 2 heterocycles. The predicted octanol–water partition coefficient (Wildman–Crippen LogP) is 1.03. The second-order valence-corrected chi connectivity index (χ2v) is 8.22. The summed E-state index contributed by atoms with van der Waals surface area (Å²) in [6, 6.07) is 12.3. The molecule has 146 valence electrons. The van der Waals surface area contributed by atoms with Gasteiger partial charge < -0.3 is 5.32 Å². The zero-order valence-corrected chi connectivity index (χ0v) is 16.0. The first kappa shape index (κ1) is 19.9. The van der Waals surface area contributed by atoms with E-state index >= 15 is 0 Å². The Hall–Kier alpha value is -2.80. The van der Waals surface area contributed by atoms with Crippen LogP contribution in [0.4, 0.5) is 5.82 Å². The number of nitrogens with zero attached hydrogens (tertiary/aromatic N) is 3. The van der Waals surface area contributed by atoms with Crippen LogP contribution in [0.1, 0.15) is 12.0 Å². The average Bonchev–Trinajstić information content (AvgIpc) is 3.24. The normalized spacial score (nSPS) is 16.5. The number of anilines is 1. The molecule has 0 bridgehead atoms. The van der Waals surface area contributed by atoms with E-state index in [1.54, 1.807) is 0 Å². The first-order chi connectivity index (χ1) is 13.5. The van der Waals surface area contributed by atoms with E-state index in [1.807, 2.05) is 36.5 Å². The van der Waals surface area contributed by atoms with Crippen molar-refractivity contribution in [3.8, 4) is 6.19 Å². The van der Waals surface area contributed by atoms with E-state index in [0.29, 0.717) is 19.4 Å². The van der Waals surface area contributed by atoms with Crippen LogP contribution in [-0.2, 0) is 21.2 Å². The van der Waals surface area contributed by atoms with Crippen LogP contribution in [0.2, 0.25) is 0 Å². The molecule has 1 aliphatic heterocycles. The number of benzene rings is 1. The lowest BCUT2D eigenvalue weighted by Gasteiger charge is -2.16. The summed E-state index contributed by atoms with van der Waals surface area (Å²) in [5.41, 5.74) is 1.03. The second-order valence-electron chi connectivity index (χ2n) is 6.45. The van der Waals surface area contributed by atoms with E-state index in [1.165, 1.54) is 12.1 Å². The fourth-order valence-electron chi connectivity index (χ4n) is 2.98. The van der Waals surface area contributed by atoms with Crippen molar-refractivity contribution in [1.82, 2.24) is 15.0 Å². The lowest BCUT2D eigenvalue weighted by atomic mass is 10.1. The Balaban J connectivity index is 1.65. The van der Waals surface area contributed by atoms with Crippen molar-refractivity contribution in [1.29, 1.82) is 5.26 Å². The third-order valence-electron chi connectivity index (χ3n) is 4.54. The number of amides is 1. The molecule has 1 saturated heterocycles. The van der Waals surface area contributed by atoms with E-state index in [0.717, 1.165) is 23.2 Å². The topological polar surface area (TPSA) is 115 Å². The van der Waals surface area contributed by atoms with Crippen LogP contribution < -0.4 is 14.9 Å². The van der Waals surface area contributed by atoms with Gasteiger partial charge in [-0.3, -0.25) is 4.79 Å². The standard InChI is InChI=1S/C19H21N5O3S/c20-14-24(19(25)16-9-10-21-12-16)18-7-6-17(13-22-18)28(26,27)23-11-8-15-4-2-1-3-5-15/h1-7,13,16,21,23H,8-12H2/t16-/m0/s1. The molecule has 1 amide bonds. The highest BCUT2D eigenvalue weighted by Crippen LogP contribution is 2.19. The van der Waals surface area contributed by atoms with Crippen LogP contribution in [0.5, 0.6) is 0 Å². The van der Waals surface area contributed by atoms with Gasteiger partial charge in [0, 0.05) is 19.3 Å². The number of hydrogen-bond donors (Lipinski definition) is 2. The monoisotopic (exact) mass is 399 g/mol. The van der Waals surface area contributed by atoms with Crippen molar-refractivity contribution in [3.05, 3.63) is 54.2 Å². The van der Waals surface area contributed by atoms with E-state index in [9.17, 15) is 18.5 Å². The largest absolute Gasteiger partial charge is 0.316 e. The minimum absolute atomic E-state index is 0.0165. The zero-order valence-electron chi connectivity index (χ0n) is 15.2. The number of carbonyl (C=O) groups excluding carboxylic acids is 1. The Kier molecular flexibility index (Phi) is 6.36. The maximum Gasteiger partial charge on any atom is 0.246 e. The van der Waals surface area contributed by atoms with Crippen molar-refractivity contribution in [2.75, 3.05) is 24.5 Å². The molecule has 0 aliphatic carbocycles. The number of aromatic nitrogens is 1. The Labute approximate surface area is 164 Å². The molecule has 3 rings (SSSR count). The molecule has 0 radical (unpaired) electrons. The number of carbonyl (C=O) groups is 1. The van der Waals surface area contributed by atoms with Gasteiger partial charge in [-0.25, -0.2) is 18.1 Å². The third kappa shape index (κ3) is 4.72. The second kappa shape index (κ2) is 8.93. The summed E-state index contributed by atoms with van der Waals surface area (Å²) in [7, 11) is -3.72. The number of sulfonamides is 1. The van der Waals surface area contributed by atoms with Gasteiger partial charge in [-0.1, -0.05) is 30.3 Å². The van der Waals surface area contributed by atoms with Gasteiger partial charge in [0.2, 0.25) is 15.9 Å². The number of pyridine rings is 1. The Bertz CT molecular complexity index is 949. The number of rotatable bonds is 7. The maximum atomic E-state index is 12.4. The highest BCUT2D eigenvalue weighted by atomic mass is 32.2. The molecule has 28 heavy (non-hydrogen) atoms. The van der Waals surface area contributed by atoms with Crippen molar-refractivity contribution in [2.24, 2.45) is 5.92 Å². The van der Waals surface area contributed by atoms with Crippen LogP contribution >= 0.6 is 0 Å². The van der Waals surface area contributed by atoms with E-state index in [-0.39, 0.29) is 29.1 Å². The summed E-state index contributed by atoms with van der Waals surface area (Å²) in [4.78, 5) is 17.3. The molecule has 0 saturated carbocycles. The lowest BCUT2D eigenvalue weighted by Crippen LogP contribution is -2.34. The van der Waals surface area contributed by atoms with Gasteiger partial charge in [0.1, 0.15) is 10.7 Å². The number of hydrogen-bond acceptors (Lipinski definition) is 6. The van der Waals surface area contributed by atoms with Crippen molar-refractivity contribution >= 4 is 21.7 Å². The molecule has 0 unspecified atom stereocenters. The fraction of sp³-hybridized carbons (Fsp3) is 0.316. The van der Waals surface area contributed by atoms with Gasteiger partial charge >= 0.3 is 0 Å². The summed E-state index contributed by atoms with van der Waals surface area (Å²) in [6.07, 6.45) is 4.22. The minimum atomic E-state index is -3.72. The summed E-state index contributed by atoms with van der Waals surface area (Å²) >= 11 is 0. The van der Waals surface area contributed by atoms with Crippen LogP contribution in [0.25, 0.3) is 0 Å². The molecule has 0 spiro atoms. The molecule has 1 aromatic heterocycles. The highest BCUT2D eigenvalue weighted by molar-refractivity contribution is 7.89. The molecular formula is C19H21N5O3S. The maximum absolute atomic E-state index is 12.4. The summed E-state index contributed by atoms with van der Waals surface area (Å²) in [6.45, 7) is 1.51. The fourth-order valence-corrected chi connectivity index (χ4v) is 3.96. The Morgan fingerprint density at radius 3 is 2.68 bits per heavy atom. The average molecular weight is 399 g/mol. The number of nitrogens with one attached hydrogen (secondary N) is 2. The molecule has 9 heteroatoms. The molecule has 1 fully saturated rings. The molecular weight excluding hydrogens is 378 g/mol.